The van der Waals surface area contributed by atoms with Crippen molar-refractivity contribution < 1.29 is 0 Å². The van der Waals surface area contributed by atoms with Gasteiger partial charge in [0.1, 0.15) is 0 Å². The van der Waals surface area contributed by atoms with Crippen LogP contribution in [0.5, 0.6) is 0 Å². The number of nitrogens with zero attached hydrogens (tertiary/aromatic N) is 5. The summed E-state index contributed by atoms with van der Waals surface area (Å²) in [7, 11) is 13.1. The van der Waals surface area contributed by atoms with Gasteiger partial charge in [-0.2, -0.15) is 5.53 Å². The first kappa shape index (κ1) is 21.8. The maximum Gasteiger partial charge on any atom is 0.0763 e. The van der Waals surface area contributed by atoms with Crippen LogP contribution in [0.15, 0.2) is 0 Å². The van der Waals surface area contributed by atoms with Crippen LogP contribution in [0.3, 0.4) is 0 Å². The predicted octanol–water partition coefficient (Wildman–Crippen LogP) is 1.58. The van der Waals surface area contributed by atoms with Gasteiger partial charge in [-0.1, -0.05) is 20.8 Å². The average molecular weight is 343 g/mol. The number of hydrogen-bond donors (Lipinski definition) is 1. The SMILES string of the molecule is CCC(C1CN(C(CC)N(C)C)NN(C(CC)N(C)C)C1)N(C)C. The summed E-state index contributed by atoms with van der Waals surface area (Å²) >= 11 is 0. The third-order valence-corrected chi connectivity index (χ3v) is 5.39. The number of nitrogens with one attached hydrogen (secondary N) is 1. The molecule has 0 aromatic carbocycles. The minimum absolute atomic E-state index is 0.412. The van der Waals surface area contributed by atoms with E-state index in [0.717, 1.165) is 25.9 Å². The highest BCUT2D eigenvalue weighted by molar-refractivity contribution is 4.85. The van der Waals surface area contributed by atoms with Crippen molar-refractivity contribution in [3.05, 3.63) is 0 Å². The highest BCUT2D eigenvalue weighted by Crippen LogP contribution is 2.23. The first-order valence-corrected chi connectivity index (χ1v) is 9.55. The fourth-order valence-electron chi connectivity index (χ4n) is 4.28. The minimum atomic E-state index is 0.412. The Morgan fingerprint density at radius 3 is 1.42 bits per heavy atom. The predicted molar refractivity (Wildman–Crippen MR) is 103 cm³/mol. The van der Waals surface area contributed by atoms with Crippen LogP contribution in [0.1, 0.15) is 40.0 Å². The molecular formula is C18H42N6. The van der Waals surface area contributed by atoms with E-state index in [4.69, 9.17) is 0 Å². The first-order valence-electron chi connectivity index (χ1n) is 9.55. The first-order chi connectivity index (χ1) is 11.3. The van der Waals surface area contributed by atoms with E-state index >= 15 is 0 Å². The molecule has 1 N–H and O–H groups in total. The van der Waals surface area contributed by atoms with Crippen LogP contribution in [0.4, 0.5) is 0 Å². The van der Waals surface area contributed by atoms with Crippen molar-refractivity contribution in [1.82, 2.24) is 30.3 Å². The molecule has 6 heteroatoms. The van der Waals surface area contributed by atoms with Gasteiger partial charge in [0.05, 0.1) is 12.3 Å². The van der Waals surface area contributed by atoms with Crippen LogP contribution in [0.2, 0.25) is 0 Å². The summed E-state index contributed by atoms with van der Waals surface area (Å²) < 4.78 is 0. The molecule has 1 aliphatic rings. The Balaban J connectivity index is 3.05. The minimum Gasteiger partial charge on any atom is -0.306 e. The van der Waals surface area contributed by atoms with E-state index in [-0.39, 0.29) is 0 Å². The summed E-state index contributed by atoms with van der Waals surface area (Å²) in [5.74, 6) is 0.634. The standard InChI is InChI=1S/C18H42N6/c1-10-16(20(4)5)15-13-23(17(11-2)21(6)7)19-24(14-15)18(12-3)22(8)9/h15-19H,10-14H2,1-9H3. The summed E-state index contributed by atoms with van der Waals surface area (Å²) in [6.07, 6.45) is 4.23. The quantitative estimate of drug-likeness (QED) is 0.684. The second kappa shape index (κ2) is 10.0. The van der Waals surface area contributed by atoms with E-state index in [1.165, 1.54) is 6.42 Å². The van der Waals surface area contributed by atoms with Crippen molar-refractivity contribution >= 4 is 0 Å². The van der Waals surface area contributed by atoms with Gasteiger partial charge in [0.2, 0.25) is 0 Å². The molecule has 0 bridgehead atoms. The lowest BCUT2D eigenvalue weighted by Crippen LogP contribution is -2.69. The van der Waals surface area contributed by atoms with Crippen LogP contribution >= 0.6 is 0 Å². The molecule has 0 aromatic rings. The van der Waals surface area contributed by atoms with Gasteiger partial charge in [0.15, 0.2) is 0 Å². The van der Waals surface area contributed by atoms with Crippen molar-refractivity contribution in [2.24, 2.45) is 5.92 Å². The van der Waals surface area contributed by atoms with Crippen LogP contribution in [-0.2, 0) is 0 Å². The molecule has 0 radical (unpaired) electrons. The van der Waals surface area contributed by atoms with Gasteiger partial charge in [0.25, 0.3) is 0 Å². The molecule has 144 valence electrons. The van der Waals surface area contributed by atoms with Crippen LogP contribution in [0, 0.1) is 5.92 Å². The summed E-state index contributed by atoms with van der Waals surface area (Å²) in [5.41, 5.74) is 3.73. The van der Waals surface area contributed by atoms with Gasteiger partial charge >= 0.3 is 0 Å². The van der Waals surface area contributed by atoms with Crippen LogP contribution in [0.25, 0.3) is 0 Å². The molecule has 1 heterocycles. The summed E-state index contributed by atoms with van der Waals surface area (Å²) in [4.78, 5) is 7.04. The fourth-order valence-corrected chi connectivity index (χ4v) is 4.28. The Labute approximate surface area is 150 Å². The summed E-state index contributed by atoms with van der Waals surface area (Å²) in [5, 5.41) is 4.90. The lowest BCUT2D eigenvalue weighted by molar-refractivity contribution is -0.148. The van der Waals surface area contributed by atoms with E-state index in [1.807, 2.05) is 0 Å². The highest BCUT2D eigenvalue weighted by Gasteiger charge is 2.37. The van der Waals surface area contributed by atoms with Crippen LogP contribution in [-0.4, -0.2) is 98.5 Å². The lowest BCUT2D eigenvalue weighted by atomic mass is 9.94. The van der Waals surface area contributed by atoms with Crippen molar-refractivity contribution in [3.8, 4) is 0 Å². The van der Waals surface area contributed by atoms with E-state index < -0.39 is 0 Å². The Morgan fingerprint density at radius 1 is 0.750 bits per heavy atom. The van der Waals surface area contributed by atoms with Crippen molar-refractivity contribution in [1.29, 1.82) is 0 Å². The third-order valence-electron chi connectivity index (χ3n) is 5.39. The van der Waals surface area contributed by atoms with Gasteiger partial charge in [-0.15, -0.1) is 0 Å². The Kier molecular flexibility index (Phi) is 9.12. The number of hydrazine groups is 2. The summed E-state index contributed by atoms with van der Waals surface area (Å²) in [6, 6.07) is 0.608. The maximum absolute atomic E-state index is 3.73. The van der Waals surface area contributed by atoms with Crippen molar-refractivity contribution in [2.75, 3.05) is 55.4 Å². The zero-order valence-electron chi connectivity index (χ0n) is 17.6. The van der Waals surface area contributed by atoms with E-state index in [2.05, 4.69) is 93.3 Å². The maximum atomic E-state index is 3.73. The molecule has 1 rings (SSSR count). The molecule has 0 aliphatic carbocycles. The molecule has 3 unspecified atom stereocenters. The number of hydrogen-bond acceptors (Lipinski definition) is 6. The topological polar surface area (TPSA) is 28.2 Å². The molecule has 0 amide bonds. The Morgan fingerprint density at radius 2 is 1.17 bits per heavy atom. The molecule has 6 nitrogen and oxygen atoms in total. The molecule has 0 aromatic heterocycles. The number of rotatable bonds is 9. The molecular weight excluding hydrogens is 300 g/mol. The Bertz CT molecular complexity index is 288. The van der Waals surface area contributed by atoms with E-state index in [9.17, 15) is 0 Å². The highest BCUT2D eigenvalue weighted by atomic mass is 15.8. The Hall–Kier alpha value is -0.240. The monoisotopic (exact) mass is 342 g/mol. The zero-order valence-corrected chi connectivity index (χ0v) is 17.6. The summed E-state index contributed by atoms with van der Waals surface area (Å²) in [6.45, 7) is 9.04. The van der Waals surface area contributed by atoms with Gasteiger partial charge < -0.3 is 4.90 Å². The molecule has 24 heavy (non-hydrogen) atoms. The van der Waals surface area contributed by atoms with Gasteiger partial charge in [-0.3, -0.25) is 9.80 Å². The van der Waals surface area contributed by atoms with Crippen molar-refractivity contribution in [2.45, 2.75) is 58.4 Å². The van der Waals surface area contributed by atoms with Crippen LogP contribution < -0.4 is 5.53 Å². The fraction of sp³-hybridized carbons (Fsp3) is 1.00. The smallest absolute Gasteiger partial charge is 0.0763 e. The van der Waals surface area contributed by atoms with Crippen molar-refractivity contribution in [3.63, 3.8) is 0 Å². The molecule has 1 saturated heterocycles. The lowest BCUT2D eigenvalue weighted by Gasteiger charge is -2.51. The largest absolute Gasteiger partial charge is 0.306 e. The van der Waals surface area contributed by atoms with Gasteiger partial charge in [0, 0.05) is 25.0 Å². The third kappa shape index (κ3) is 5.38. The van der Waals surface area contributed by atoms with Gasteiger partial charge in [-0.25, -0.2) is 10.0 Å². The second-order valence-electron chi connectivity index (χ2n) is 7.81. The van der Waals surface area contributed by atoms with Gasteiger partial charge in [-0.05, 0) is 61.5 Å². The van der Waals surface area contributed by atoms with E-state index in [0.29, 0.717) is 24.3 Å². The average Bonchev–Trinajstić information content (AvgIpc) is 2.48. The molecule has 3 atom stereocenters. The molecule has 1 fully saturated rings. The molecule has 0 saturated carbocycles. The van der Waals surface area contributed by atoms with E-state index in [1.54, 1.807) is 0 Å². The molecule has 0 spiro atoms. The second-order valence-corrected chi connectivity index (χ2v) is 7.81. The molecule has 1 aliphatic heterocycles. The normalized spacial score (nSPS) is 24.8. The zero-order chi connectivity index (χ0) is 18.4.